The van der Waals surface area contributed by atoms with E-state index in [1.807, 2.05) is 18.2 Å². The van der Waals surface area contributed by atoms with Gasteiger partial charge in [0.15, 0.2) is 0 Å². The van der Waals surface area contributed by atoms with E-state index < -0.39 is 0 Å². The van der Waals surface area contributed by atoms with Crippen molar-refractivity contribution in [3.05, 3.63) is 30.3 Å². The molecule has 0 aliphatic rings. The normalized spacial score (nSPS) is 8.40. The zero-order valence-electron chi connectivity index (χ0n) is 5.19. The van der Waals surface area contributed by atoms with E-state index >= 15 is 0 Å². The second-order valence-electron chi connectivity index (χ2n) is 1.53. The molecule has 0 saturated carbocycles. The van der Waals surface area contributed by atoms with Crippen molar-refractivity contribution in [3.8, 4) is 0 Å². The first kappa shape index (κ1) is 13.1. The van der Waals surface area contributed by atoms with Crippen LogP contribution in [-0.2, 0) is 11.8 Å². The quantitative estimate of drug-likeness (QED) is 0.646. The molecule has 0 aromatic heterocycles. The van der Waals surface area contributed by atoms with Crippen LogP contribution in [-0.4, -0.2) is 0 Å². The van der Waals surface area contributed by atoms with Crippen LogP contribution >= 0.6 is 32.2 Å². The van der Waals surface area contributed by atoms with Gasteiger partial charge < -0.3 is 0 Å². The Morgan fingerprint density at radius 1 is 1.00 bits per heavy atom. The van der Waals surface area contributed by atoms with Crippen LogP contribution in [0.25, 0.3) is 0 Å². The highest BCUT2D eigenvalue weighted by molar-refractivity contribution is 7.99. The minimum atomic E-state index is 0. The van der Waals surface area contributed by atoms with Crippen molar-refractivity contribution in [1.82, 2.24) is 0 Å². The van der Waals surface area contributed by atoms with Gasteiger partial charge in [-0.15, -0.1) is 24.8 Å². The Labute approximate surface area is 79.7 Å². The van der Waals surface area contributed by atoms with E-state index in [1.54, 1.807) is 0 Å². The second-order valence-corrected chi connectivity index (χ2v) is 3.14. The van der Waals surface area contributed by atoms with E-state index in [4.69, 9.17) is 11.8 Å². The molecule has 0 nitrogen and oxygen atoms in total. The molecule has 0 fully saturated rings. The molecular weight excluding hydrogens is 206 g/mol. The number of hydrogen-bond donors (Lipinski definition) is 0. The van der Waals surface area contributed by atoms with Crippen molar-refractivity contribution < 1.29 is 0 Å². The molecular formula is C6H9Cl2PS. The standard InChI is InChI=1S/C6H7PS.2ClH/c8-7-6-4-2-1-3-5-6;;/h1-5H,7H2;2*1H. The molecule has 0 aliphatic heterocycles. The molecule has 0 heterocycles. The van der Waals surface area contributed by atoms with Crippen molar-refractivity contribution in [2.45, 2.75) is 0 Å². The summed E-state index contributed by atoms with van der Waals surface area (Å²) in [5.41, 5.74) is 0. The Bertz CT molecular complexity index is 178. The van der Waals surface area contributed by atoms with Crippen LogP contribution in [0, 0.1) is 0 Å². The predicted octanol–water partition coefficient (Wildman–Crippen LogP) is 2.03. The minimum Gasteiger partial charge on any atom is -0.147 e. The molecule has 0 radical (unpaired) electrons. The topological polar surface area (TPSA) is 0 Å². The average molecular weight is 215 g/mol. The third kappa shape index (κ3) is 4.29. The van der Waals surface area contributed by atoms with Crippen LogP contribution in [0.2, 0.25) is 0 Å². The maximum absolute atomic E-state index is 4.90. The number of rotatable bonds is 1. The number of halogens is 2. The summed E-state index contributed by atoms with van der Waals surface area (Å²) < 4.78 is 0. The van der Waals surface area contributed by atoms with Gasteiger partial charge in [0.2, 0.25) is 0 Å². The lowest BCUT2D eigenvalue weighted by Gasteiger charge is -1.84. The molecule has 0 N–H and O–H groups in total. The van der Waals surface area contributed by atoms with Gasteiger partial charge in [-0.1, -0.05) is 42.1 Å². The molecule has 0 saturated heterocycles. The van der Waals surface area contributed by atoms with Crippen LogP contribution in [0.15, 0.2) is 30.3 Å². The van der Waals surface area contributed by atoms with Gasteiger partial charge in [0.05, 0.1) is 0 Å². The van der Waals surface area contributed by atoms with Crippen molar-refractivity contribution in [1.29, 1.82) is 0 Å². The Morgan fingerprint density at radius 3 is 1.80 bits per heavy atom. The fourth-order valence-corrected chi connectivity index (χ4v) is 1.38. The van der Waals surface area contributed by atoms with Gasteiger partial charge in [0, 0.05) is 0 Å². The molecule has 1 rings (SSSR count). The lowest BCUT2D eigenvalue weighted by molar-refractivity contribution is 1.78. The zero-order valence-corrected chi connectivity index (χ0v) is 8.79. The van der Waals surface area contributed by atoms with Gasteiger partial charge in [-0.05, 0) is 12.7 Å². The van der Waals surface area contributed by atoms with E-state index in [2.05, 4.69) is 12.1 Å². The first-order valence-electron chi connectivity index (χ1n) is 2.44. The Morgan fingerprint density at radius 2 is 1.50 bits per heavy atom. The third-order valence-corrected chi connectivity index (χ3v) is 2.41. The predicted molar refractivity (Wildman–Crippen MR) is 57.6 cm³/mol. The molecule has 1 unspecified atom stereocenters. The van der Waals surface area contributed by atoms with E-state index in [0.717, 1.165) is 0 Å². The van der Waals surface area contributed by atoms with E-state index in [-0.39, 0.29) is 32.2 Å². The molecule has 10 heavy (non-hydrogen) atoms. The van der Waals surface area contributed by atoms with Gasteiger partial charge in [-0.2, -0.15) is 0 Å². The summed E-state index contributed by atoms with van der Waals surface area (Å²) in [6.07, 6.45) is 0. The molecule has 0 spiro atoms. The first-order valence-corrected chi connectivity index (χ1v) is 4.90. The summed E-state index contributed by atoms with van der Waals surface area (Å²) in [5.74, 6) is 0. The molecule has 0 aliphatic carbocycles. The highest BCUT2D eigenvalue weighted by Gasteiger charge is 1.76. The zero-order chi connectivity index (χ0) is 5.82. The second kappa shape index (κ2) is 7.56. The van der Waals surface area contributed by atoms with Gasteiger partial charge in [0.1, 0.15) is 0 Å². The molecule has 1 aromatic rings. The maximum atomic E-state index is 4.90. The van der Waals surface area contributed by atoms with Crippen LogP contribution in [0.4, 0.5) is 0 Å². The summed E-state index contributed by atoms with van der Waals surface area (Å²) in [6, 6.07) is 10.2. The molecule has 1 aromatic carbocycles. The van der Waals surface area contributed by atoms with Crippen molar-refractivity contribution in [3.63, 3.8) is 0 Å². The SMILES string of the molecule is Cl.Cl.S=[PH2]c1ccccc1. The molecule has 1 atom stereocenters. The van der Waals surface area contributed by atoms with E-state index in [1.165, 1.54) is 5.30 Å². The molecule has 4 heteroatoms. The monoisotopic (exact) mass is 214 g/mol. The van der Waals surface area contributed by atoms with Crippen molar-refractivity contribution in [2.75, 3.05) is 0 Å². The maximum Gasteiger partial charge on any atom is -0.0198 e. The van der Waals surface area contributed by atoms with Gasteiger partial charge in [-0.3, -0.25) is 0 Å². The third-order valence-electron chi connectivity index (χ3n) is 0.936. The lowest BCUT2D eigenvalue weighted by Crippen LogP contribution is -1.84. The van der Waals surface area contributed by atoms with Gasteiger partial charge in [0.25, 0.3) is 0 Å². The molecule has 0 bridgehead atoms. The van der Waals surface area contributed by atoms with Crippen LogP contribution in [0.1, 0.15) is 0 Å². The minimum absolute atomic E-state index is 0. The fraction of sp³-hybridized carbons (Fsp3) is 0. The first-order chi connectivity index (χ1) is 3.93. The smallest absolute Gasteiger partial charge is 0.0198 e. The van der Waals surface area contributed by atoms with Crippen LogP contribution in [0.3, 0.4) is 0 Å². The Hall–Kier alpha value is 0.450. The number of hydrogen-bond acceptors (Lipinski definition) is 1. The van der Waals surface area contributed by atoms with Gasteiger partial charge >= 0.3 is 0 Å². The van der Waals surface area contributed by atoms with Gasteiger partial charge in [-0.25, -0.2) is 0 Å². The van der Waals surface area contributed by atoms with Crippen LogP contribution < -0.4 is 5.30 Å². The summed E-state index contributed by atoms with van der Waals surface area (Å²) in [5, 5.41) is 1.31. The van der Waals surface area contributed by atoms with Crippen molar-refractivity contribution in [2.24, 2.45) is 0 Å². The van der Waals surface area contributed by atoms with Crippen LogP contribution in [0.5, 0.6) is 0 Å². The summed E-state index contributed by atoms with van der Waals surface area (Å²) in [6.45, 7) is 0. The lowest BCUT2D eigenvalue weighted by atomic mass is 10.4. The summed E-state index contributed by atoms with van der Waals surface area (Å²) in [4.78, 5) is 0. The highest BCUT2D eigenvalue weighted by atomic mass is 35.5. The number of benzene rings is 1. The summed E-state index contributed by atoms with van der Waals surface area (Å²) in [7, 11) is 0.0940. The molecule has 0 amide bonds. The Kier molecular flexibility index (Phi) is 9.88. The Balaban J connectivity index is 0. The molecule has 58 valence electrons. The van der Waals surface area contributed by atoms with E-state index in [0.29, 0.717) is 0 Å². The largest absolute Gasteiger partial charge is 0.147 e. The average Bonchev–Trinajstić information content (AvgIpc) is 1.90. The highest BCUT2D eigenvalue weighted by Crippen LogP contribution is 1.92. The van der Waals surface area contributed by atoms with Crippen molar-refractivity contribution >= 4 is 49.3 Å². The summed E-state index contributed by atoms with van der Waals surface area (Å²) >= 11 is 4.90. The fourth-order valence-electron chi connectivity index (χ4n) is 0.532. The van der Waals surface area contributed by atoms with E-state index in [9.17, 15) is 0 Å².